The summed E-state index contributed by atoms with van der Waals surface area (Å²) in [5, 5.41) is 12.1. The highest BCUT2D eigenvalue weighted by molar-refractivity contribution is 6.15. The largest absolute Gasteiger partial charge is 0.493 e. The van der Waals surface area contributed by atoms with Crippen LogP contribution in [0.1, 0.15) is 72.9 Å². The number of Topliss-reactive ketones (excluding diaryl/α,β-unsaturated/α-hetero) is 2. The number of alkyl carbamates (subject to hydrolysis) is 1. The van der Waals surface area contributed by atoms with Gasteiger partial charge in [0, 0.05) is 5.54 Å². The van der Waals surface area contributed by atoms with Gasteiger partial charge in [-0.1, -0.05) is 12.1 Å². The average molecular weight is 683 g/mol. The Balaban J connectivity index is 2.01. The Hall–Kier alpha value is -5.00. The molecule has 12 heteroatoms. The third-order valence-corrected chi connectivity index (χ3v) is 6.98. The van der Waals surface area contributed by atoms with Crippen molar-refractivity contribution in [2.75, 3.05) is 40.5 Å². The number of amides is 2. The highest BCUT2D eigenvalue weighted by Gasteiger charge is 2.26. The second-order valence-electron chi connectivity index (χ2n) is 13.2. The number of allylic oxidation sites excluding steroid dienone is 2. The lowest BCUT2D eigenvalue weighted by atomic mass is 10.00. The number of ether oxygens (including phenoxy) is 5. The minimum Gasteiger partial charge on any atom is -0.493 e. The molecule has 2 rings (SSSR count). The van der Waals surface area contributed by atoms with E-state index in [4.69, 9.17) is 23.7 Å². The van der Waals surface area contributed by atoms with Crippen LogP contribution in [0.4, 0.5) is 9.59 Å². The van der Waals surface area contributed by atoms with Crippen molar-refractivity contribution in [2.24, 2.45) is 0 Å². The van der Waals surface area contributed by atoms with Crippen LogP contribution in [0.5, 0.6) is 23.0 Å². The Morgan fingerprint density at radius 3 is 1.63 bits per heavy atom. The van der Waals surface area contributed by atoms with E-state index < -0.39 is 23.3 Å². The van der Waals surface area contributed by atoms with Gasteiger partial charge in [0.15, 0.2) is 34.6 Å². The number of methoxy groups -OCH3 is 2. The standard InChI is InChI=1S/C37H50N2O10/c1-24(19-26-11-13-30(32(21-26)45-9)47-17-15-38-34(42)49-37(6,7)8)28(40)23-29(41)25(2)20-27-12-14-31(33(22-27)46-10)48-18-16-39(35(43)44)36(3,4)5/h11-14,19-22H,15-18,23H2,1-10H3,(H,38,42)(H,43,44). The van der Waals surface area contributed by atoms with Crippen LogP contribution in [0.2, 0.25) is 0 Å². The van der Waals surface area contributed by atoms with Crippen LogP contribution in [-0.2, 0) is 14.3 Å². The molecule has 0 saturated carbocycles. The van der Waals surface area contributed by atoms with Gasteiger partial charge in [0.2, 0.25) is 0 Å². The first kappa shape index (κ1) is 40.2. The molecule has 0 aromatic heterocycles. The molecule has 0 aliphatic heterocycles. The smallest absolute Gasteiger partial charge is 0.407 e. The molecule has 0 atom stereocenters. The predicted octanol–water partition coefficient (Wildman–Crippen LogP) is 6.80. The van der Waals surface area contributed by atoms with Gasteiger partial charge in [-0.25, -0.2) is 9.59 Å². The van der Waals surface area contributed by atoms with Crippen molar-refractivity contribution in [2.45, 2.75) is 73.0 Å². The molecule has 12 nitrogen and oxygen atoms in total. The average Bonchev–Trinajstić information content (AvgIpc) is 3.00. The maximum Gasteiger partial charge on any atom is 0.407 e. The third-order valence-electron chi connectivity index (χ3n) is 6.98. The molecule has 0 saturated heterocycles. The Kier molecular flexibility index (Phi) is 14.7. The zero-order chi connectivity index (χ0) is 36.9. The monoisotopic (exact) mass is 682 g/mol. The van der Waals surface area contributed by atoms with Crippen LogP contribution in [0.15, 0.2) is 47.5 Å². The third kappa shape index (κ3) is 13.6. The highest BCUT2D eigenvalue weighted by atomic mass is 16.6. The zero-order valence-electron chi connectivity index (χ0n) is 30.2. The molecule has 2 aromatic rings. The maximum absolute atomic E-state index is 13.0. The normalized spacial score (nSPS) is 12.1. The number of nitrogens with zero attached hydrogens (tertiary/aromatic N) is 1. The van der Waals surface area contributed by atoms with E-state index in [1.807, 2.05) is 20.8 Å². The molecule has 2 N–H and O–H groups in total. The summed E-state index contributed by atoms with van der Waals surface area (Å²) in [6, 6.07) is 10.3. The topological polar surface area (TPSA) is 150 Å². The minimum atomic E-state index is -1.03. The number of ketones is 2. The molecule has 2 amide bonds. The second-order valence-corrected chi connectivity index (χ2v) is 13.2. The summed E-state index contributed by atoms with van der Waals surface area (Å²) in [6.45, 7) is 14.8. The fourth-order valence-electron chi connectivity index (χ4n) is 4.47. The molecule has 0 fully saturated rings. The first-order chi connectivity index (χ1) is 22.8. The highest BCUT2D eigenvalue weighted by Crippen LogP contribution is 2.30. The van der Waals surface area contributed by atoms with Crippen molar-refractivity contribution < 1.29 is 48.0 Å². The molecule has 0 unspecified atom stereocenters. The molecule has 0 aliphatic rings. The van der Waals surface area contributed by atoms with Gasteiger partial charge in [0.1, 0.15) is 18.8 Å². The zero-order valence-corrected chi connectivity index (χ0v) is 30.2. The molecule has 0 bridgehead atoms. The predicted molar refractivity (Wildman–Crippen MR) is 188 cm³/mol. The molecular formula is C37H50N2O10. The van der Waals surface area contributed by atoms with Gasteiger partial charge in [-0.05, 0) is 114 Å². The SMILES string of the molecule is COc1cc(C=C(C)C(=O)CC(=O)C(C)=Cc2ccc(OCCN(C(=O)O)C(C)(C)C)c(OC)c2)ccc1OCCNC(=O)OC(C)(C)C. The lowest BCUT2D eigenvalue weighted by Crippen LogP contribution is -2.46. The van der Waals surface area contributed by atoms with Crippen molar-refractivity contribution in [3.8, 4) is 23.0 Å². The van der Waals surface area contributed by atoms with Gasteiger partial charge in [-0.15, -0.1) is 0 Å². The number of benzene rings is 2. The van der Waals surface area contributed by atoms with Crippen LogP contribution in [0.3, 0.4) is 0 Å². The van der Waals surface area contributed by atoms with Crippen molar-refractivity contribution in [3.05, 3.63) is 58.7 Å². The minimum absolute atomic E-state index is 0.126. The summed E-state index contributed by atoms with van der Waals surface area (Å²) < 4.78 is 27.6. The summed E-state index contributed by atoms with van der Waals surface area (Å²) in [4.78, 5) is 50.6. The van der Waals surface area contributed by atoms with Crippen LogP contribution in [0.25, 0.3) is 12.2 Å². The van der Waals surface area contributed by atoms with Gasteiger partial charge in [0.25, 0.3) is 0 Å². The van der Waals surface area contributed by atoms with E-state index in [0.717, 1.165) is 0 Å². The molecule has 0 heterocycles. The number of carboxylic acid groups (broad SMARTS) is 1. The fraction of sp³-hybridized carbons (Fsp3) is 0.459. The molecular weight excluding hydrogens is 632 g/mol. The lowest BCUT2D eigenvalue weighted by molar-refractivity contribution is -0.122. The molecule has 2 aromatic carbocycles. The van der Waals surface area contributed by atoms with E-state index in [0.29, 0.717) is 45.3 Å². The number of carbonyl (C=O) groups excluding carboxylic acids is 3. The first-order valence-electron chi connectivity index (χ1n) is 15.9. The molecule has 49 heavy (non-hydrogen) atoms. The summed E-state index contributed by atoms with van der Waals surface area (Å²) in [5.74, 6) is 1.12. The lowest BCUT2D eigenvalue weighted by Gasteiger charge is -2.33. The van der Waals surface area contributed by atoms with Crippen LogP contribution < -0.4 is 24.3 Å². The Morgan fingerprint density at radius 1 is 0.755 bits per heavy atom. The first-order valence-corrected chi connectivity index (χ1v) is 15.9. The number of carbonyl (C=O) groups is 4. The van der Waals surface area contributed by atoms with Crippen molar-refractivity contribution >= 4 is 35.9 Å². The van der Waals surface area contributed by atoms with Gasteiger partial charge in [-0.3, -0.25) is 9.59 Å². The summed E-state index contributed by atoms with van der Waals surface area (Å²) in [5.41, 5.74) is 0.977. The molecule has 0 aliphatic carbocycles. The molecule has 0 radical (unpaired) electrons. The summed E-state index contributed by atoms with van der Waals surface area (Å²) in [6.07, 6.45) is 1.47. The van der Waals surface area contributed by atoms with E-state index in [-0.39, 0.29) is 44.3 Å². The van der Waals surface area contributed by atoms with Gasteiger partial charge in [0.05, 0.1) is 33.7 Å². The van der Waals surface area contributed by atoms with Gasteiger partial charge in [-0.2, -0.15) is 0 Å². The van der Waals surface area contributed by atoms with E-state index in [9.17, 15) is 24.3 Å². The van der Waals surface area contributed by atoms with Gasteiger partial charge < -0.3 is 39.0 Å². The van der Waals surface area contributed by atoms with Crippen LogP contribution in [-0.4, -0.2) is 85.4 Å². The molecule has 0 spiro atoms. The number of hydrogen-bond donors (Lipinski definition) is 2. The Labute approximate surface area is 289 Å². The van der Waals surface area contributed by atoms with Crippen molar-refractivity contribution in [3.63, 3.8) is 0 Å². The molecule has 268 valence electrons. The number of rotatable bonds is 16. The number of hydrogen-bond acceptors (Lipinski definition) is 9. The Bertz CT molecular complexity index is 1550. The van der Waals surface area contributed by atoms with E-state index in [2.05, 4.69) is 5.32 Å². The van der Waals surface area contributed by atoms with Gasteiger partial charge >= 0.3 is 12.2 Å². The van der Waals surface area contributed by atoms with E-state index in [1.165, 1.54) is 19.1 Å². The quantitative estimate of drug-likeness (QED) is 0.110. The van der Waals surface area contributed by atoms with Crippen LogP contribution >= 0.6 is 0 Å². The summed E-state index contributed by atoms with van der Waals surface area (Å²) >= 11 is 0. The Morgan fingerprint density at radius 2 is 1.22 bits per heavy atom. The number of nitrogens with one attached hydrogen (secondary N) is 1. The van der Waals surface area contributed by atoms with E-state index >= 15 is 0 Å². The van der Waals surface area contributed by atoms with Crippen molar-refractivity contribution in [1.82, 2.24) is 10.2 Å². The fourth-order valence-corrected chi connectivity index (χ4v) is 4.47. The van der Waals surface area contributed by atoms with E-state index in [1.54, 1.807) is 83.2 Å². The van der Waals surface area contributed by atoms with Crippen molar-refractivity contribution in [1.29, 1.82) is 0 Å². The van der Waals surface area contributed by atoms with Crippen LogP contribution in [0, 0.1) is 0 Å². The second kappa shape index (κ2) is 18.0. The summed E-state index contributed by atoms with van der Waals surface area (Å²) in [7, 11) is 2.99. The maximum atomic E-state index is 13.0.